The second kappa shape index (κ2) is 3.58. The standard InChI is InChI=1S/C6H11FO/c1-5(2)6(8)3-4-7/h5H,3-4H2,1-2H3. The number of Topliss-reactive ketones (excluding diaryl/α,β-unsaturated/α-hetero) is 1. The molecule has 0 spiro atoms. The highest BCUT2D eigenvalue weighted by Crippen LogP contribution is 1.97. The van der Waals surface area contributed by atoms with Crippen LogP contribution in [-0.2, 0) is 4.79 Å². The molecule has 0 rings (SSSR count). The maximum atomic E-state index is 11.4. The highest BCUT2D eigenvalue weighted by Gasteiger charge is 2.04. The Labute approximate surface area is 48.9 Å². The van der Waals surface area contributed by atoms with Crippen LogP contribution in [0.4, 0.5) is 4.39 Å². The van der Waals surface area contributed by atoms with Crippen molar-refractivity contribution in [1.29, 1.82) is 0 Å². The molecule has 48 valence electrons. The zero-order chi connectivity index (χ0) is 6.57. The van der Waals surface area contributed by atoms with E-state index in [1.54, 1.807) is 13.8 Å². The Morgan fingerprint density at radius 3 is 2.25 bits per heavy atom. The Bertz CT molecular complexity index is 78.6. The molecule has 2 heteroatoms. The van der Waals surface area contributed by atoms with E-state index in [1.165, 1.54) is 0 Å². The van der Waals surface area contributed by atoms with Crippen molar-refractivity contribution < 1.29 is 9.18 Å². The van der Waals surface area contributed by atoms with Crippen LogP contribution in [0.5, 0.6) is 0 Å². The number of hydrogen-bond acceptors (Lipinski definition) is 1. The minimum Gasteiger partial charge on any atom is -0.299 e. The van der Waals surface area contributed by atoms with E-state index in [2.05, 4.69) is 0 Å². The van der Waals surface area contributed by atoms with Gasteiger partial charge in [0.2, 0.25) is 0 Å². The van der Waals surface area contributed by atoms with E-state index in [1.807, 2.05) is 0 Å². The first-order chi connectivity index (χ1) is 3.68. The van der Waals surface area contributed by atoms with Crippen LogP contribution in [0.25, 0.3) is 0 Å². The summed E-state index contributed by atoms with van der Waals surface area (Å²) in [6.07, 6.45) is 0.0810. The van der Waals surface area contributed by atoms with Crippen molar-refractivity contribution in [3.05, 3.63) is 0 Å². The molecule has 1 nitrogen and oxygen atoms in total. The van der Waals surface area contributed by atoms with Crippen LogP contribution in [0.15, 0.2) is 0 Å². The largest absolute Gasteiger partial charge is 0.299 e. The van der Waals surface area contributed by atoms with Crippen molar-refractivity contribution in [1.82, 2.24) is 0 Å². The van der Waals surface area contributed by atoms with Gasteiger partial charge in [-0.2, -0.15) is 0 Å². The lowest BCUT2D eigenvalue weighted by molar-refractivity contribution is -0.122. The first-order valence-electron chi connectivity index (χ1n) is 2.77. The Morgan fingerprint density at radius 2 is 2.12 bits per heavy atom. The number of alkyl halides is 1. The molecule has 0 aliphatic carbocycles. The number of carbonyl (C=O) groups excluding carboxylic acids is 1. The van der Waals surface area contributed by atoms with Crippen LogP contribution in [0.2, 0.25) is 0 Å². The van der Waals surface area contributed by atoms with Crippen molar-refractivity contribution in [2.24, 2.45) is 5.92 Å². The summed E-state index contributed by atoms with van der Waals surface area (Å²) in [5.41, 5.74) is 0. The van der Waals surface area contributed by atoms with Crippen molar-refractivity contribution >= 4 is 5.78 Å². The molecule has 8 heavy (non-hydrogen) atoms. The third kappa shape index (κ3) is 2.72. The molecule has 0 aromatic heterocycles. The molecule has 0 saturated carbocycles. The molecule has 0 N–H and O–H groups in total. The lowest BCUT2D eigenvalue weighted by atomic mass is 10.1. The second-order valence-electron chi connectivity index (χ2n) is 2.06. The average Bonchev–Trinajstić information content (AvgIpc) is 1.67. The Balaban J connectivity index is 3.33. The normalized spacial score (nSPS) is 10.0. The van der Waals surface area contributed by atoms with Gasteiger partial charge in [0, 0.05) is 12.3 Å². The van der Waals surface area contributed by atoms with Gasteiger partial charge in [-0.15, -0.1) is 0 Å². The molecular weight excluding hydrogens is 107 g/mol. The van der Waals surface area contributed by atoms with E-state index in [0.29, 0.717) is 0 Å². The predicted octanol–water partition coefficient (Wildman–Crippen LogP) is 1.57. The maximum absolute atomic E-state index is 11.4. The topological polar surface area (TPSA) is 17.1 Å². The van der Waals surface area contributed by atoms with Crippen LogP contribution in [0, 0.1) is 5.92 Å². The van der Waals surface area contributed by atoms with Crippen LogP contribution >= 0.6 is 0 Å². The second-order valence-corrected chi connectivity index (χ2v) is 2.06. The van der Waals surface area contributed by atoms with Crippen molar-refractivity contribution in [3.8, 4) is 0 Å². The van der Waals surface area contributed by atoms with Crippen molar-refractivity contribution in [2.75, 3.05) is 6.67 Å². The minimum atomic E-state index is -0.517. The lowest BCUT2D eigenvalue weighted by Gasteiger charge is -1.97. The highest BCUT2D eigenvalue weighted by atomic mass is 19.1. The van der Waals surface area contributed by atoms with E-state index in [-0.39, 0.29) is 18.1 Å². The Morgan fingerprint density at radius 1 is 1.62 bits per heavy atom. The van der Waals surface area contributed by atoms with Gasteiger partial charge in [0.1, 0.15) is 5.78 Å². The van der Waals surface area contributed by atoms with Gasteiger partial charge in [-0.25, -0.2) is 0 Å². The van der Waals surface area contributed by atoms with E-state index in [9.17, 15) is 9.18 Å². The highest BCUT2D eigenvalue weighted by molar-refractivity contribution is 5.80. The summed E-state index contributed by atoms with van der Waals surface area (Å²) in [6, 6.07) is 0. The van der Waals surface area contributed by atoms with Gasteiger partial charge in [0.05, 0.1) is 6.67 Å². The SMILES string of the molecule is CC(C)C(=O)CCF. The molecule has 0 saturated heterocycles. The van der Waals surface area contributed by atoms with Gasteiger partial charge in [-0.05, 0) is 0 Å². The van der Waals surface area contributed by atoms with Gasteiger partial charge < -0.3 is 0 Å². The molecule has 0 aliphatic heterocycles. The van der Waals surface area contributed by atoms with Crippen LogP contribution in [0.1, 0.15) is 20.3 Å². The molecule has 0 amide bonds. The predicted molar refractivity (Wildman–Crippen MR) is 30.4 cm³/mol. The summed E-state index contributed by atoms with van der Waals surface area (Å²) in [5, 5.41) is 0. The van der Waals surface area contributed by atoms with Gasteiger partial charge in [-0.3, -0.25) is 9.18 Å². The minimum absolute atomic E-state index is 0.00694. The number of hydrogen-bond donors (Lipinski definition) is 0. The Hall–Kier alpha value is -0.400. The molecular formula is C6H11FO. The van der Waals surface area contributed by atoms with E-state index in [4.69, 9.17) is 0 Å². The number of rotatable bonds is 3. The zero-order valence-electron chi connectivity index (χ0n) is 5.28. The fraction of sp³-hybridized carbons (Fsp3) is 0.833. The number of ketones is 1. The summed E-state index contributed by atoms with van der Waals surface area (Å²) >= 11 is 0. The number of halogens is 1. The van der Waals surface area contributed by atoms with E-state index in [0.717, 1.165) is 0 Å². The first-order valence-corrected chi connectivity index (χ1v) is 2.77. The molecule has 0 unspecified atom stereocenters. The van der Waals surface area contributed by atoms with Gasteiger partial charge in [0.25, 0.3) is 0 Å². The van der Waals surface area contributed by atoms with E-state index >= 15 is 0 Å². The summed E-state index contributed by atoms with van der Waals surface area (Å²) in [7, 11) is 0. The molecule has 0 radical (unpaired) electrons. The monoisotopic (exact) mass is 118 g/mol. The molecule has 0 aromatic rings. The van der Waals surface area contributed by atoms with Crippen molar-refractivity contribution in [3.63, 3.8) is 0 Å². The number of carbonyl (C=O) groups is 1. The Kier molecular flexibility index (Phi) is 3.40. The van der Waals surface area contributed by atoms with Crippen LogP contribution in [-0.4, -0.2) is 12.5 Å². The smallest absolute Gasteiger partial charge is 0.138 e. The molecule has 0 aromatic carbocycles. The quantitative estimate of drug-likeness (QED) is 0.549. The summed E-state index contributed by atoms with van der Waals surface area (Å²) in [4.78, 5) is 10.5. The fourth-order valence-corrected chi connectivity index (χ4v) is 0.382. The zero-order valence-corrected chi connectivity index (χ0v) is 5.28. The molecule has 0 bridgehead atoms. The summed E-state index contributed by atoms with van der Waals surface area (Å²) < 4.78 is 11.4. The summed E-state index contributed by atoms with van der Waals surface area (Å²) in [5.74, 6) is -0.00162. The van der Waals surface area contributed by atoms with Crippen LogP contribution < -0.4 is 0 Å². The van der Waals surface area contributed by atoms with Crippen molar-refractivity contribution in [2.45, 2.75) is 20.3 Å². The molecule has 0 heterocycles. The third-order valence-electron chi connectivity index (χ3n) is 0.985. The maximum Gasteiger partial charge on any atom is 0.138 e. The van der Waals surface area contributed by atoms with Crippen LogP contribution in [0.3, 0.4) is 0 Å². The first kappa shape index (κ1) is 7.60. The average molecular weight is 118 g/mol. The van der Waals surface area contributed by atoms with Gasteiger partial charge >= 0.3 is 0 Å². The molecule has 0 aliphatic rings. The van der Waals surface area contributed by atoms with Gasteiger partial charge in [-0.1, -0.05) is 13.8 Å². The molecule has 0 atom stereocenters. The molecule has 0 fully saturated rings. The van der Waals surface area contributed by atoms with Gasteiger partial charge in [0.15, 0.2) is 0 Å². The van der Waals surface area contributed by atoms with E-state index < -0.39 is 6.67 Å². The lowest BCUT2D eigenvalue weighted by Crippen LogP contribution is -2.06. The third-order valence-corrected chi connectivity index (χ3v) is 0.985. The fourth-order valence-electron chi connectivity index (χ4n) is 0.382. The summed E-state index contributed by atoms with van der Waals surface area (Å²) in [6.45, 7) is 3.03.